The van der Waals surface area contributed by atoms with Gasteiger partial charge in [-0.1, -0.05) is 23.2 Å². The first-order chi connectivity index (χ1) is 7.56. The monoisotopic (exact) mass is 273 g/mol. The summed E-state index contributed by atoms with van der Waals surface area (Å²) in [6, 6.07) is 0. The summed E-state index contributed by atoms with van der Waals surface area (Å²) in [4.78, 5) is 12.7. The molecule has 0 bridgehead atoms. The van der Waals surface area contributed by atoms with E-state index in [2.05, 4.69) is 15.0 Å². The molecule has 0 unspecified atom stereocenters. The second-order valence-electron chi connectivity index (χ2n) is 3.41. The minimum atomic E-state index is 0.406. The van der Waals surface area contributed by atoms with Crippen molar-refractivity contribution in [2.24, 2.45) is 0 Å². The second-order valence-corrected chi connectivity index (χ2v) is 5.06. The third kappa shape index (κ3) is 2.51. The lowest BCUT2D eigenvalue weighted by Crippen LogP contribution is -1.99. The van der Waals surface area contributed by atoms with E-state index in [9.17, 15) is 0 Å². The number of hydrogen-bond donors (Lipinski definition) is 0. The fourth-order valence-electron chi connectivity index (χ4n) is 1.20. The summed E-state index contributed by atoms with van der Waals surface area (Å²) in [6.07, 6.45) is 0.568. The van der Waals surface area contributed by atoms with E-state index >= 15 is 0 Å². The van der Waals surface area contributed by atoms with Crippen LogP contribution in [0.4, 0.5) is 0 Å². The molecule has 0 saturated heterocycles. The van der Waals surface area contributed by atoms with Crippen LogP contribution in [0.2, 0.25) is 10.3 Å². The van der Waals surface area contributed by atoms with Crippen LogP contribution in [0.5, 0.6) is 0 Å². The van der Waals surface area contributed by atoms with E-state index in [-0.39, 0.29) is 0 Å². The van der Waals surface area contributed by atoms with Crippen LogP contribution in [0.25, 0.3) is 0 Å². The lowest BCUT2D eigenvalue weighted by molar-refractivity contribution is 0.942. The highest BCUT2D eigenvalue weighted by atomic mass is 35.5. The van der Waals surface area contributed by atoms with Crippen LogP contribution < -0.4 is 0 Å². The molecule has 2 heterocycles. The van der Waals surface area contributed by atoms with Gasteiger partial charge in [-0.05, 0) is 13.8 Å². The normalized spacial score (nSPS) is 10.8. The van der Waals surface area contributed by atoms with Gasteiger partial charge in [0.15, 0.2) is 0 Å². The number of rotatable bonds is 2. The van der Waals surface area contributed by atoms with E-state index < -0.39 is 0 Å². The summed E-state index contributed by atoms with van der Waals surface area (Å²) in [5.74, 6) is 0.606. The van der Waals surface area contributed by atoms with E-state index in [0.29, 0.717) is 28.1 Å². The number of nitrogens with zero attached hydrogens (tertiary/aromatic N) is 3. The van der Waals surface area contributed by atoms with Crippen molar-refractivity contribution in [1.82, 2.24) is 15.0 Å². The third-order valence-electron chi connectivity index (χ3n) is 2.05. The predicted molar refractivity (Wildman–Crippen MR) is 66.4 cm³/mol. The zero-order chi connectivity index (χ0) is 11.7. The maximum atomic E-state index is 5.94. The largest absolute Gasteiger partial charge is 0.246 e. The van der Waals surface area contributed by atoms with Crippen LogP contribution in [0.3, 0.4) is 0 Å². The first-order valence-electron chi connectivity index (χ1n) is 4.66. The highest BCUT2D eigenvalue weighted by molar-refractivity contribution is 7.09. The third-order valence-corrected chi connectivity index (χ3v) is 3.75. The molecule has 0 radical (unpaired) electrons. The Morgan fingerprint density at radius 3 is 2.25 bits per heavy atom. The smallest absolute Gasteiger partial charge is 0.138 e. The Labute approximate surface area is 107 Å². The predicted octanol–water partition coefficient (Wildman–Crippen LogP) is 3.45. The molecule has 0 aliphatic rings. The van der Waals surface area contributed by atoms with E-state index in [1.807, 2.05) is 12.3 Å². The van der Waals surface area contributed by atoms with Gasteiger partial charge in [0, 0.05) is 16.6 Å². The standard InChI is InChI=1S/C10H9Cl2N3S/c1-5-4-16-8(13-5)3-7-14-9(11)6(2)10(12)15-7/h4H,3H2,1-2H3. The number of aromatic nitrogens is 3. The molecule has 0 aliphatic carbocycles. The van der Waals surface area contributed by atoms with Gasteiger partial charge in [-0.25, -0.2) is 15.0 Å². The number of halogens is 2. The van der Waals surface area contributed by atoms with Gasteiger partial charge in [0.25, 0.3) is 0 Å². The van der Waals surface area contributed by atoms with Crippen molar-refractivity contribution in [3.8, 4) is 0 Å². The van der Waals surface area contributed by atoms with Gasteiger partial charge in [-0.2, -0.15) is 0 Å². The first-order valence-corrected chi connectivity index (χ1v) is 6.29. The van der Waals surface area contributed by atoms with E-state index in [0.717, 1.165) is 10.7 Å². The zero-order valence-corrected chi connectivity index (χ0v) is 11.1. The minimum absolute atomic E-state index is 0.406. The van der Waals surface area contributed by atoms with Crippen molar-refractivity contribution < 1.29 is 0 Å². The van der Waals surface area contributed by atoms with E-state index in [1.54, 1.807) is 18.3 Å². The average molecular weight is 274 g/mol. The Hall–Kier alpha value is -0.710. The number of thiazole rings is 1. The molecule has 3 nitrogen and oxygen atoms in total. The van der Waals surface area contributed by atoms with Crippen molar-refractivity contribution >= 4 is 34.5 Å². The molecule has 0 N–H and O–H groups in total. The van der Waals surface area contributed by atoms with E-state index in [1.165, 1.54) is 0 Å². The van der Waals surface area contributed by atoms with Crippen molar-refractivity contribution in [2.45, 2.75) is 20.3 Å². The quantitative estimate of drug-likeness (QED) is 0.787. The lowest BCUT2D eigenvalue weighted by atomic mass is 10.3. The van der Waals surface area contributed by atoms with Gasteiger partial charge >= 0.3 is 0 Å². The Morgan fingerprint density at radius 1 is 1.12 bits per heavy atom. The topological polar surface area (TPSA) is 38.7 Å². The summed E-state index contributed by atoms with van der Waals surface area (Å²) in [7, 11) is 0. The lowest BCUT2D eigenvalue weighted by Gasteiger charge is -2.02. The van der Waals surface area contributed by atoms with Crippen LogP contribution in [0.15, 0.2) is 5.38 Å². The van der Waals surface area contributed by atoms with Gasteiger partial charge < -0.3 is 0 Å². The molecule has 2 aromatic rings. The number of hydrogen-bond acceptors (Lipinski definition) is 4. The first kappa shape index (κ1) is 11.8. The van der Waals surface area contributed by atoms with Gasteiger partial charge in [0.2, 0.25) is 0 Å². The minimum Gasteiger partial charge on any atom is -0.246 e. The molecule has 16 heavy (non-hydrogen) atoms. The summed E-state index contributed by atoms with van der Waals surface area (Å²) < 4.78 is 0. The van der Waals surface area contributed by atoms with Crippen LogP contribution in [-0.4, -0.2) is 15.0 Å². The maximum absolute atomic E-state index is 5.94. The van der Waals surface area contributed by atoms with Gasteiger partial charge in [0.1, 0.15) is 21.1 Å². The van der Waals surface area contributed by atoms with Crippen LogP contribution >= 0.6 is 34.5 Å². The summed E-state index contributed by atoms with van der Waals surface area (Å²) in [5, 5.41) is 3.77. The number of aryl methyl sites for hydroxylation is 1. The Bertz CT molecular complexity index is 502. The van der Waals surface area contributed by atoms with Crippen LogP contribution in [-0.2, 0) is 6.42 Å². The maximum Gasteiger partial charge on any atom is 0.138 e. The average Bonchev–Trinajstić information content (AvgIpc) is 2.60. The molecule has 2 aromatic heterocycles. The van der Waals surface area contributed by atoms with Crippen LogP contribution in [0.1, 0.15) is 22.1 Å². The molecule has 84 valence electrons. The fourth-order valence-corrected chi connectivity index (χ4v) is 2.39. The fraction of sp³-hybridized carbons (Fsp3) is 0.300. The van der Waals surface area contributed by atoms with Gasteiger partial charge in [-0.3, -0.25) is 0 Å². The molecule has 0 amide bonds. The van der Waals surface area contributed by atoms with Crippen molar-refractivity contribution in [2.75, 3.05) is 0 Å². The second kappa shape index (κ2) is 4.65. The molecular weight excluding hydrogens is 265 g/mol. The molecule has 0 atom stereocenters. The van der Waals surface area contributed by atoms with Crippen LogP contribution in [0, 0.1) is 13.8 Å². The SMILES string of the molecule is Cc1csc(Cc2nc(Cl)c(C)c(Cl)n2)n1. The molecule has 0 aromatic carbocycles. The highest BCUT2D eigenvalue weighted by Crippen LogP contribution is 2.21. The molecule has 0 aliphatic heterocycles. The highest BCUT2D eigenvalue weighted by Gasteiger charge is 2.09. The Morgan fingerprint density at radius 2 is 1.75 bits per heavy atom. The Balaban J connectivity index is 2.28. The van der Waals surface area contributed by atoms with Crippen molar-refractivity contribution in [1.29, 1.82) is 0 Å². The van der Waals surface area contributed by atoms with Gasteiger partial charge in [-0.15, -0.1) is 11.3 Å². The van der Waals surface area contributed by atoms with Crippen molar-refractivity contribution in [3.05, 3.63) is 37.8 Å². The molecule has 0 saturated carbocycles. The van der Waals surface area contributed by atoms with E-state index in [4.69, 9.17) is 23.2 Å². The molecule has 2 rings (SSSR count). The van der Waals surface area contributed by atoms with Gasteiger partial charge in [0.05, 0.1) is 6.42 Å². The Kier molecular flexibility index (Phi) is 3.42. The molecule has 0 spiro atoms. The zero-order valence-electron chi connectivity index (χ0n) is 8.79. The summed E-state index contributed by atoms with van der Waals surface area (Å²) >= 11 is 13.5. The summed E-state index contributed by atoms with van der Waals surface area (Å²) in [6.45, 7) is 3.75. The van der Waals surface area contributed by atoms with Crippen molar-refractivity contribution in [3.63, 3.8) is 0 Å². The molecule has 6 heteroatoms. The molecule has 0 fully saturated rings. The molecular formula is C10H9Cl2N3S. The summed E-state index contributed by atoms with van der Waals surface area (Å²) in [5.41, 5.74) is 1.71.